The van der Waals surface area contributed by atoms with E-state index in [-0.39, 0.29) is 24.0 Å². The SMILES string of the molecule is CCCN(CC(=O)N(Cc1ccccc1)Cc1ccc(C)s1)C(=O)NC(C)(C)C. The Morgan fingerprint density at radius 2 is 1.69 bits per heavy atom. The first-order valence-electron chi connectivity index (χ1n) is 10.1. The van der Waals surface area contributed by atoms with E-state index in [4.69, 9.17) is 0 Å². The number of aryl methyl sites for hydroxylation is 1. The first kappa shape index (κ1) is 22.9. The molecule has 1 aromatic heterocycles. The number of urea groups is 1. The summed E-state index contributed by atoms with van der Waals surface area (Å²) in [6.07, 6.45) is 0.799. The summed E-state index contributed by atoms with van der Waals surface area (Å²) in [6.45, 7) is 11.6. The van der Waals surface area contributed by atoms with Gasteiger partial charge in [-0.1, -0.05) is 37.3 Å². The van der Waals surface area contributed by atoms with Gasteiger partial charge in [0.2, 0.25) is 5.91 Å². The van der Waals surface area contributed by atoms with Gasteiger partial charge >= 0.3 is 6.03 Å². The molecule has 0 atom stereocenters. The molecular weight excluding hydrogens is 382 g/mol. The Balaban J connectivity index is 2.16. The van der Waals surface area contributed by atoms with Crippen LogP contribution >= 0.6 is 11.3 Å². The van der Waals surface area contributed by atoms with Crippen molar-refractivity contribution >= 4 is 23.3 Å². The fourth-order valence-corrected chi connectivity index (χ4v) is 3.89. The van der Waals surface area contributed by atoms with Gasteiger partial charge in [0.15, 0.2) is 0 Å². The van der Waals surface area contributed by atoms with Crippen molar-refractivity contribution in [2.45, 2.75) is 59.7 Å². The van der Waals surface area contributed by atoms with Gasteiger partial charge in [-0.05, 0) is 51.8 Å². The number of hydrogen-bond acceptors (Lipinski definition) is 3. The molecule has 2 rings (SSSR count). The van der Waals surface area contributed by atoms with Crippen LogP contribution in [0.15, 0.2) is 42.5 Å². The highest BCUT2D eigenvalue weighted by Crippen LogP contribution is 2.19. The summed E-state index contributed by atoms with van der Waals surface area (Å²) in [6, 6.07) is 13.9. The van der Waals surface area contributed by atoms with Crippen molar-refractivity contribution in [1.82, 2.24) is 15.1 Å². The summed E-state index contributed by atoms with van der Waals surface area (Å²) in [5.74, 6) is -0.0441. The predicted octanol–water partition coefficient (Wildman–Crippen LogP) is 4.81. The van der Waals surface area contributed by atoms with Crippen LogP contribution in [0.4, 0.5) is 4.79 Å². The molecule has 29 heavy (non-hydrogen) atoms. The number of benzene rings is 1. The molecule has 1 heterocycles. The maximum Gasteiger partial charge on any atom is 0.318 e. The minimum absolute atomic E-state index is 0.0441. The van der Waals surface area contributed by atoms with Gasteiger partial charge in [0.05, 0.1) is 6.54 Å². The van der Waals surface area contributed by atoms with E-state index in [2.05, 4.69) is 24.4 Å². The van der Waals surface area contributed by atoms with Crippen molar-refractivity contribution in [2.75, 3.05) is 13.1 Å². The average Bonchev–Trinajstić information content (AvgIpc) is 3.05. The standard InChI is InChI=1S/C23H33N3O2S/c1-6-14-25(22(28)24-23(3,4)5)17-21(27)26(15-19-10-8-7-9-11-19)16-20-13-12-18(2)29-20/h7-13H,6,14-17H2,1-5H3,(H,24,28). The second kappa shape index (κ2) is 10.4. The Kier molecular flexibility index (Phi) is 8.26. The van der Waals surface area contributed by atoms with E-state index in [1.807, 2.05) is 62.9 Å². The van der Waals surface area contributed by atoms with E-state index in [9.17, 15) is 9.59 Å². The third-order valence-electron chi connectivity index (χ3n) is 4.30. The van der Waals surface area contributed by atoms with Crippen LogP contribution in [0.2, 0.25) is 0 Å². The number of carbonyl (C=O) groups is 2. The zero-order valence-corrected chi connectivity index (χ0v) is 19.0. The minimum Gasteiger partial charge on any atom is -0.333 e. The Bertz CT molecular complexity index is 796. The number of amides is 3. The van der Waals surface area contributed by atoms with Crippen molar-refractivity contribution in [1.29, 1.82) is 0 Å². The van der Waals surface area contributed by atoms with Gasteiger partial charge < -0.3 is 15.1 Å². The maximum atomic E-state index is 13.2. The van der Waals surface area contributed by atoms with Gasteiger partial charge in [0.25, 0.3) is 0 Å². The van der Waals surface area contributed by atoms with E-state index in [1.165, 1.54) is 4.88 Å². The number of carbonyl (C=O) groups excluding carboxylic acids is 2. The molecule has 0 saturated heterocycles. The third-order valence-corrected chi connectivity index (χ3v) is 5.29. The van der Waals surface area contributed by atoms with Gasteiger partial charge in [-0.3, -0.25) is 4.79 Å². The second-order valence-electron chi connectivity index (χ2n) is 8.35. The molecule has 0 radical (unpaired) electrons. The van der Waals surface area contributed by atoms with Crippen molar-refractivity contribution in [3.63, 3.8) is 0 Å². The molecule has 0 aliphatic rings. The first-order chi connectivity index (χ1) is 13.7. The minimum atomic E-state index is -0.343. The molecule has 1 aromatic carbocycles. The number of thiophene rings is 1. The topological polar surface area (TPSA) is 52.7 Å². The van der Waals surface area contributed by atoms with Gasteiger partial charge in [0, 0.05) is 28.4 Å². The molecule has 0 spiro atoms. The number of hydrogen-bond donors (Lipinski definition) is 1. The highest BCUT2D eigenvalue weighted by Gasteiger charge is 2.24. The molecule has 158 valence electrons. The van der Waals surface area contributed by atoms with Gasteiger partial charge in [-0.25, -0.2) is 4.79 Å². The molecule has 0 aliphatic carbocycles. The molecule has 1 N–H and O–H groups in total. The second-order valence-corrected chi connectivity index (χ2v) is 9.72. The summed E-state index contributed by atoms with van der Waals surface area (Å²) in [4.78, 5) is 31.7. The fraction of sp³-hybridized carbons (Fsp3) is 0.478. The van der Waals surface area contributed by atoms with Crippen LogP contribution in [-0.4, -0.2) is 40.4 Å². The van der Waals surface area contributed by atoms with Crippen LogP contribution in [0.5, 0.6) is 0 Å². The molecule has 5 nitrogen and oxygen atoms in total. The monoisotopic (exact) mass is 415 g/mol. The van der Waals surface area contributed by atoms with E-state index >= 15 is 0 Å². The molecule has 3 amide bonds. The Morgan fingerprint density at radius 3 is 2.24 bits per heavy atom. The molecular formula is C23H33N3O2S. The van der Waals surface area contributed by atoms with Crippen LogP contribution in [-0.2, 0) is 17.9 Å². The van der Waals surface area contributed by atoms with Crippen molar-refractivity contribution in [3.05, 3.63) is 57.8 Å². The van der Waals surface area contributed by atoms with Crippen LogP contribution in [0, 0.1) is 6.92 Å². The van der Waals surface area contributed by atoms with E-state index in [0.29, 0.717) is 19.6 Å². The highest BCUT2D eigenvalue weighted by atomic mass is 32.1. The summed E-state index contributed by atoms with van der Waals surface area (Å²) in [5.41, 5.74) is 0.736. The molecule has 2 aromatic rings. The van der Waals surface area contributed by atoms with E-state index < -0.39 is 0 Å². The summed E-state index contributed by atoms with van der Waals surface area (Å²) >= 11 is 1.70. The van der Waals surface area contributed by atoms with Crippen molar-refractivity contribution in [3.8, 4) is 0 Å². The lowest BCUT2D eigenvalue weighted by atomic mass is 10.1. The average molecular weight is 416 g/mol. The number of nitrogens with one attached hydrogen (secondary N) is 1. The maximum absolute atomic E-state index is 13.2. The quantitative estimate of drug-likeness (QED) is 0.673. The molecule has 0 fully saturated rings. The zero-order valence-electron chi connectivity index (χ0n) is 18.2. The normalized spacial score (nSPS) is 11.2. The summed E-state index contributed by atoms with van der Waals surface area (Å²) in [7, 11) is 0. The summed E-state index contributed by atoms with van der Waals surface area (Å²) < 4.78 is 0. The first-order valence-corrected chi connectivity index (χ1v) is 10.9. The Labute approximate surface area is 178 Å². The molecule has 0 unspecified atom stereocenters. The smallest absolute Gasteiger partial charge is 0.318 e. The number of rotatable bonds is 8. The molecule has 0 saturated carbocycles. The Morgan fingerprint density at radius 1 is 1.00 bits per heavy atom. The fourth-order valence-electron chi connectivity index (χ4n) is 2.98. The van der Waals surface area contributed by atoms with Crippen LogP contribution in [0.25, 0.3) is 0 Å². The lowest BCUT2D eigenvalue weighted by Crippen LogP contribution is -2.51. The Hall–Kier alpha value is -2.34. The van der Waals surface area contributed by atoms with Gasteiger partial charge in [0.1, 0.15) is 6.54 Å². The van der Waals surface area contributed by atoms with Crippen molar-refractivity contribution < 1.29 is 9.59 Å². The lowest BCUT2D eigenvalue weighted by Gasteiger charge is -2.30. The van der Waals surface area contributed by atoms with E-state index in [0.717, 1.165) is 16.9 Å². The predicted molar refractivity (Wildman–Crippen MR) is 120 cm³/mol. The highest BCUT2D eigenvalue weighted by molar-refractivity contribution is 7.11. The molecule has 6 heteroatoms. The van der Waals surface area contributed by atoms with Gasteiger partial charge in [-0.2, -0.15) is 0 Å². The van der Waals surface area contributed by atoms with Crippen LogP contribution in [0.3, 0.4) is 0 Å². The summed E-state index contributed by atoms with van der Waals surface area (Å²) in [5, 5.41) is 2.97. The largest absolute Gasteiger partial charge is 0.333 e. The van der Waals surface area contributed by atoms with Crippen molar-refractivity contribution in [2.24, 2.45) is 0 Å². The van der Waals surface area contributed by atoms with Gasteiger partial charge in [-0.15, -0.1) is 11.3 Å². The van der Waals surface area contributed by atoms with Crippen LogP contribution in [0.1, 0.15) is 49.4 Å². The molecule has 0 bridgehead atoms. The third kappa shape index (κ3) is 7.89. The van der Waals surface area contributed by atoms with Crippen LogP contribution < -0.4 is 5.32 Å². The zero-order chi connectivity index (χ0) is 21.4. The lowest BCUT2D eigenvalue weighted by molar-refractivity contribution is -0.133. The van der Waals surface area contributed by atoms with E-state index in [1.54, 1.807) is 16.2 Å². The number of nitrogens with zero attached hydrogens (tertiary/aromatic N) is 2. The molecule has 0 aliphatic heterocycles.